The molecule has 0 spiro atoms. The number of nitrogens with one attached hydrogen (secondary N) is 1. The third-order valence-corrected chi connectivity index (χ3v) is 6.17. The van der Waals surface area contributed by atoms with Gasteiger partial charge in [0.25, 0.3) is 0 Å². The van der Waals surface area contributed by atoms with Gasteiger partial charge >= 0.3 is 0 Å². The first-order chi connectivity index (χ1) is 9.48. The molecule has 0 bridgehead atoms. The Bertz CT molecular complexity index is 569. The van der Waals surface area contributed by atoms with Gasteiger partial charge < -0.3 is 5.32 Å². The molecule has 0 atom stereocenters. The zero-order chi connectivity index (χ0) is 14.8. The van der Waals surface area contributed by atoms with Gasteiger partial charge in [-0.1, -0.05) is 13.3 Å². The molecule has 0 amide bonds. The maximum atomic E-state index is 12.7. The van der Waals surface area contributed by atoms with Crippen molar-refractivity contribution in [2.75, 3.05) is 25.5 Å². The molecule has 2 heterocycles. The Kier molecular flexibility index (Phi) is 5.04. The minimum atomic E-state index is -3.48. The third kappa shape index (κ3) is 3.15. The number of hydrogen-bond donors (Lipinski definition) is 1. The van der Waals surface area contributed by atoms with Gasteiger partial charge in [0.05, 0.1) is 0 Å². The van der Waals surface area contributed by atoms with E-state index in [1.807, 2.05) is 0 Å². The van der Waals surface area contributed by atoms with Crippen molar-refractivity contribution in [3.63, 3.8) is 0 Å². The Morgan fingerprint density at radius 2 is 2.10 bits per heavy atom. The van der Waals surface area contributed by atoms with Crippen LogP contribution < -0.4 is 5.32 Å². The van der Waals surface area contributed by atoms with E-state index in [9.17, 15) is 8.42 Å². The van der Waals surface area contributed by atoms with Gasteiger partial charge in [-0.2, -0.15) is 4.31 Å². The van der Waals surface area contributed by atoms with Crippen molar-refractivity contribution in [3.8, 4) is 0 Å². The highest BCUT2D eigenvalue weighted by molar-refractivity contribution is 9.10. The average molecular weight is 362 g/mol. The molecule has 0 aromatic carbocycles. The summed E-state index contributed by atoms with van der Waals surface area (Å²) in [6.45, 7) is 3.35. The SMILES string of the molecule is CCC1CCN(S(=O)(=O)c2cc(Br)cnc2NC)CC1. The van der Waals surface area contributed by atoms with Gasteiger partial charge in [-0.3, -0.25) is 0 Å². The number of hydrogen-bond acceptors (Lipinski definition) is 4. The smallest absolute Gasteiger partial charge is 0.246 e. The van der Waals surface area contributed by atoms with E-state index in [1.54, 1.807) is 23.6 Å². The van der Waals surface area contributed by atoms with E-state index in [-0.39, 0.29) is 4.90 Å². The molecule has 112 valence electrons. The molecule has 1 N–H and O–H groups in total. The molecule has 1 aromatic heterocycles. The maximum absolute atomic E-state index is 12.7. The molecule has 1 aliphatic rings. The first-order valence-corrected chi connectivity index (χ1v) is 9.05. The molecule has 7 heteroatoms. The van der Waals surface area contributed by atoms with Gasteiger partial charge in [-0.05, 0) is 40.8 Å². The van der Waals surface area contributed by atoms with E-state index in [2.05, 4.69) is 33.2 Å². The van der Waals surface area contributed by atoms with Crippen LogP contribution in [0, 0.1) is 5.92 Å². The highest BCUT2D eigenvalue weighted by atomic mass is 79.9. The summed E-state index contributed by atoms with van der Waals surface area (Å²) in [6.07, 6.45) is 4.58. The molecule has 1 aliphatic heterocycles. The largest absolute Gasteiger partial charge is 0.372 e. The van der Waals surface area contributed by atoms with Crippen LogP contribution in [0.2, 0.25) is 0 Å². The standard InChI is InChI=1S/C13H20BrN3O2S/c1-3-10-4-6-17(7-5-10)20(18,19)12-8-11(14)9-16-13(12)15-2/h8-10H,3-7H2,1-2H3,(H,15,16). The molecule has 20 heavy (non-hydrogen) atoms. The number of aromatic nitrogens is 1. The molecule has 2 rings (SSSR count). The predicted octanol–water partition coefficient (Wildman–Crippen LogP) is 2.70. The van der Waals surface area contributed by atoms with Crippen molar-refractivity contribution in [3.05, 3.63) is 16.7 Å². The van der Waals surface area contributed by atoms with E-state index in [1.165, 1.54) is 0 Å². The number of halogens is 1. The summed E-state index contributed by atoms with van der Waals surface area (Å²) in [4.78, 5) is 4.37. The van der Waals surface area contributed by atoms with Crippen LogP contribution in [0.1, 0.15) is 26.2 Å². The minimum absolute atomic E-state index is 0.240. The van der Waals surface area contributed by atoms with Gasteiger partial charge in [-0.25, -0.2) is 13.4 Å². The van der Waals surface area contributed by atoms with Crippen molar-refractivity contribution in [2.45, 2.75) is 31.1 Å². The monoisotopic (exact) mass is 361 g/mol. The fourth-order valence-electron chi connectivity index (χ4n) is 2.50. The van der Waals surface area contributed by atoms with E-state index < -0.39 is 10.0 Å². The van der Waals surface area contributed by atoms with Gasteiger partial charge in [0.2, 0.25) is 10.0 Å². The fourth-order valence-corrected chi connectivity index (χ4v) is 4.63. The number of anilines is 1. The zero-order valence-corrected chi connectivity index (χ0v) is 14.2. The topological polar surface area (TPSA) is 62.3 Å². The van der Waals surface area contributed by atoms with Crippen LogP contribution in [0.25, 0.3) is 0 Å². The lowest BCUT2D eigenvalue weighted by atomic mass is 9.96. The third-order valence-electron chi connectivity index (χ3n) is 3.82. The molecule has 0 unspecified atom stereocenters. The molecule has 1 fully saturated rings. The summed E-state index contributed by atoms with van der Waals surface area (Å²) in [6, 6.07) is 1.61. The highest BCUT2D eigenvalue weighted by Crippen LogP contribution is 2.29. The predicted molar refractivity (Wildman–Crippen MR) is 83.3 cm³/mol. The summed E-state index contributed by atoms with van der Waals surface area (Å²) in [7, 11) is -1.80. The van der Waals surface area contributed by atoms with Crippen molar-refractivity contribution in [1.29, 1.82) is 0 Å². The van der Waals surface area contributed by atoms with Crippen LogP contribution in [-0.4, -0.2) is 37.8 Å². The Morgan fingerprint density at radius 3 is 2.65 bits per heavy atom. The Balaban J connectivity index is 2.29. The Morgan fingerprint density at radius 1 is 1.45 bits per heavy atom. The molecule has 0 aliphatic carbocycles. The second kappa shape index (κ2) is 6.41. The number of sulfonamides is 1. The number of rotatable bonds is 4. The van der Waals surface area contributed by atoms with Gasteiger partial charge in [0.15, 0.2) is 0 Å². The lowest BCUT2D eigenvalue weighted by Crippen LogP contribution is -2.38. The molecular weight excluding hydrogens is 342 g/mol. The van der Waals surface area contributed by atoms with E-state index >= 15 is 0 Å². The molecule has 0 radical (unpaired) electrons. The van der Waals surface area contributed by atoms with Gasteiger partial charge in [-0.15, -0.1) is 0 Å². The summed E-state index contributed by atoms with van der Waals surface area (Å²) in [5, 5.41) is 2.85. The number of piperidine rings is 1. The van der Waals surface area contributed by atoms with E-state index in [0.29, 0.717) is 29.3 Å². The van der Waals surface area contributed by atoms with Gasteiger partial charge in [0.1, 0.15) is 10.7 Å². The summed E-state index contributed by atoms with van der Waals surface area (Å²) < 4.78 is 27.7. The minimum Gasteiger partial charge on any atom is -0.372 e. The lowest BCUT2D eigenvalue weighted by Gasteiger charge is -2.31. The van der Waals surface area contributed by atoms with Crippen LogP contribution in [0.3, 0.4) is 0 Å². The van der Waals surface area contributed by atoms with Crippen molar-refractivity contribution in [1.82, 2.24) is 9.29 Å². The Labute approximate surface area is 129 Å². The van der Waals surface area contributed by atoms with Gasteiger partial charge in [0, 0.05) is 30.8 Å². The molecule has 1 aromatic rings. The zero-order valence-electron chi connectivity index (χ0n) is 11.8. The number of pyridine rings is 1. The van der Waals surface area contributed by atoms with Crippen LogP contribution in [0.4, 0.5) is 5.82 Å². The van der Waals surface area contributed by atoms with Crippen molar-refractivity contribution in [2.24, 2.45) is 5.92 Å². The first kappa shape index (κ1) is 15.7. The summed E-state index contributed by atoms with van der Waals surface area (Å²) >= 11 is 3.29. The van der Waals surface area contributed by atoms with Crippen LogP contribution >= 0.6 is 15.9 Å². The fraction of sp³-hybridized carbons (Fsp3) is 0.615. The van der Waals surface area contributed by atoms with E-state index in [0.717, 1.165) is 19.3 Å². The lowest BCUT2D eigenvalue weighted by molar-refractivity contribution is 0.269. The van der Waals surface area contributed by atoms with Crippen LogP contribution in [0.15, 0.2) is 21.6 Å². The van der Waals surface area contributed by atoms with Crippen molar-refractivity contribution >= 4 is 31.8 Å². The Hall–Kier alpha value is -0.660. The molecule has 0 saturated carbocycles. The molecule has 5 nitrogen and oxygen atoms in total. The second-order valence-electron chi connectivity index (χ2n) is 5.01. The van der Waals surface area contributed by atoms with Crippen LogP contribution in [0.5, 0.6) is 0 Å². The average Bonchev–Trinajstić information content (AvgIpc) is 2.47. The quantitative estimate of drug-likeness (QED) is 0.895. The maximum Gasteiger partial charge on any atom is 0.246 e. The molecule has 1 saturated heterocycles. The highest BCUT2D eigenvalue weighted by Gasteiger charge is 2.31. The second-order valence-corrected chi connectivity index (χ2v) is 7.83. The number of nitrogens with zero attached hydrogens (tertiary/aromatic N) is 2. The van der Waals surface area contributed by atoms with E-state index in [4.69, 9.17) is 0 Å². The first-order valence-electron chi connectivity index (χ1n) is 6.82. The normalized spacial score (nSPS) is 18.1. The van der Waals surface area contributed by atoms with Crippen LogP contribution in [-0.2, 0) is 10.0 Å². The summed E-state index contributed by atoms with van der Waals surface area (Å²) in [5.74, 6) is 1.04. The van der Waals surface area contributed by atoms with Crippen molar-refractivity contribution < 1.29 is 8.42 Å². The molecular formula is C13H20BrN3O2S. The summed E-state index contributed by atoms with van der Waals surface area (Å²) in [5.41, 5.74) is 0.